The molecular weight excluding hydrogens is 299 g/mol. The molecule has 1 N–H and O–H groups in total. The van der Waals surface area contributed by atoms with E-state index in [1.54, 1.807) is 0 Å². The van der Waals surface area contributed by atoms with Gasteiger partial charge >= 0.3 is 33.0 Å². The molecule has 3 rings (SSSR count). The molecule has 116 valence electrons. The van der Waals surface area contributed by atoms with Gasteiger partial charge in [0, 0.05) is 12.8 Å². The molecule has 3 nitrogen and oxygen atoms in total. The Morgan fingerprint density at radius 3 is 1.58 bits per heavy atom. The Bertz CT molecular complexity index is 364. The van der Waals surface area contributed by atoms with E-state index < -0.39 is 7.81 Å². The van der Waals surface area contributed by atoms with E-state index in [9.17, 15) is 30.3 Å². The number of likely N-dealkylation sites (N-methyl/N-ethyl adjacent to an activating group) is 1. The number of quaternary nitrogens is 1. The van der Waals surface area contributed by atoms with Gasteiger partial charge in [-0.3, -0.25) is 0 Å². The molecule has 0 spiro atoms. The molecule has 3 heterocycles. The van der Waals surface area contributed by atoms with Crippen LogP contribution in [-0.4, -0.2) is 54.1 Å². The third-order valence-electron chi connectivity index (χ3n) is 4.06. The van der Waals surface area contributed by atoms with Gasteiger partial charge in [0.25, 0.3) is 0 Å². The first kappa shape index (κ1) is 15.3. The van der Waals surface area contributed by atoms with Crippen LogP contribution in [-0.2, 0) is 4.74 Å². The molecule has 1 unspecified atom stereocenters. The van der Waals surface area contributed by atoms with Crippen molar-refractivity contribution < 1.29 is 39.5 Å². The summed E-state index contributed by atoms with van der Waals surface area (Å²) in [5.74, 6) is 0. The van der Waals surface area contributed by atoms with E-state index in [0.717, 1.165) is 17.3 Å². The van der Waals surface area contributed by atoms with Crippen LogP contribution in [0.5, 0.6) is 0 Å². The Hall–Kier alpha value is -0.110. The summed E-state index contributed by atoms with van der Waals surface area (Å²) >= 11 is 0. The van der Waals surface area contributed by atoms with Crippen molar-refractivity contribution in [3.8, 4) is 0 Å². The van der Waals surface area contributed by atoms with Crippen molar-refractivity contribution in [1.29, 1.82) is 0 Å². The first-order valence-electron chi connectivity index (χ1n) is 5.79. The summed E-state index contributed by atoms with van der Waals surface area (Å²) in [6, 6.07) is 1.12. The first-order chi connectivity index (χ1) is 8.05. The maximum absolute atomic E-state index is 10.7. The van der Waals surface area contributed by atoms with Crippen LogP contribution in [0.15, 0.2) is 0 Å². The molecule has 3 aliphatic heterocycles. The van der Waals surface area contributed by atoms with E-state index in [-0.39, 0.29) is 6.10 Å². The normalized spacial score (nSPS) is 46.3. The maximum atomic E-state index is 9.87. The van der Waals surface area contributed by atoms with Crippen LogP contribution >= 0.6 is 7.81 Å². The zero-order valence-electron chi connectivity index (χ0n) is 10.3. The molecular formula is C9H16F6NO2P. The third-order valence-corrected chi connectivity index (χ3v) is 4.06. The van der Waals surface area contributed by atoms with Gasteiger partial charge in [0.1, 0.15) is 24.3 Å². The second kappa shape index (κ2) is 3.37. The molecule has 5 atom stereocenters. The zero-order valence-corrected chi connectivity index (χ0v) is 11.2. The Morgan fingerprint density at radius 2 is 1.26 bits per heavy atom. The van der Waals surface area contributed by atoms with Crippen molar-refractivity contribution in [2.24, 2.45) is 0 Å². The van der Waals surface area contributed by atoms with Crippen molar-refractivity contribution in [3.63, 3.8) is 0 Å². The molecule has 0 aromatic carbocycles. The fourth-order valence-electron chi connectivity index (χ4n) is 3.22. The molecule has 3 fully saturated rings. The van der Waals surface area contributed by atoms with Crippen molar-refractivity contribution >= 4 is 7.81 Å². The molecule has 2 bridgehead atoms. The summed E-state index contributed by atoms with van der Waals surface area (Å²) in [6.45, 7) is 0. The van der Waals surface area contributed by atoms with Gasteiger partial charge in [-0.15, -0.1) is 0 Å². The van der Waals surface area contributed by atoms with E-state index >= 15 is 0 Å². The number of ether oxygens (including phenoxy) is 1. The van der Waals surface area contributed by atoms with E-state index in [4.69, 9.17) is 4.74 Å². The summed E-state index contributed by atoms with van der Waals surface area (Å²) in [5, 5.41) is 9.60. The van der Waals surface area contributed by atoms with Crippen molar-refractivity contribution in [2.75, 3.05) is 14.1 Å². The second-order valence-electron chi connectivity index (χ2n) is 5.91. The van der Waals surface area contributed by atoms with E-state index in [1.807, 2.05) is 0 Å². The van der Waals surface area contributed by atoms with Crippen molar-refractivity contribution in [1.82, 2.24) is 0 Å². The monoisotopic (exact) mass is 315 g/mol. The number of halogens is 6. The van der Waals surface area contributed by atoms with Crippen LogP contribution in [0.1, 0.15) is 12.8 Å². The van der Waals surface area contributed by atoms with Crippen LogP contribution in [0.3, 0.4) is 0 Å². The number of hydrogen-bond donors (Lipinski definition) is 1. The number of aliphatic hydroxyl groups is 1. The van der Waals surface area contributed by atoms with Gasteiger partial charge in [-0.25, -0.2) is 0 Å². The SMILES string of the molecule is C[N+]1(C)[C@@H]2CC(O)C[C@H]1[C@@H]1O[C@@H]12.F[P-](F)(F)(F)(F)F. The topological polar surface area (TPSA) is 32.8 Å². The molecule has 3 aliphatic rings. The summed E-state index contributed by atoms with van der Waals surface area (Å²) in [6.07, 6.45) is 2.75. The molecule has 0 saturated carbocycles. The number of nitrogens with zero attached hydrogens (tertiary/aromatic N) is 1. The number of aliphatic hydroxyl groups excluding tert-OH is 1. The van der Waals surface area contributed by atoms with Crippen molar-refractivity contribution in [2.45, 2.75) is 43.2 Å². The zero-order chi connectivity index (χ0) is 14.9. The summed E-state index contributed by atoms with van der Waals surface area (Å²) in [7, 11) is -6.11. The first-order valence-corrected chi connectivity index (χ1v) is 7.82. The minimum absolute atomic E-state index is 0.0671. The quantitative estimate of drug-likeness (QED) is 0.322. The molecule has 3 saturated heterocycles. The average molecular weight is 315 g/mol. The van der Waals surface area contributed by atoms with E-state index in [0.29, 0.717) is 24.3 Å². The predicted molar refractivity (Wildman–Crippen MR) is 57.2 cm³/mol. The Balaban J connectivity index is 0.000000167. The van der Waals surface area contributed by atoms with E-state index in [2.05, 4.69) is 14.1 Å². The molecule has 0 aromatic rings. The fourth-order valence-corrected chi connectivity index (χ4v) is 3.22. The Kier molecular flexibility index (Phi) is 2.71. The third kappa shape index (κ3) is 3.93. The van der Waals surface area contributed by atoms with Gasteiger partial charge in [-0.1, -0.05) is 0 Å². The predicted octanol–water partition coefficient (Wildman–Crippen LogP) is 3.12. The van der Waals surface area contributed by atoms with Crippen LogP contribution in [0.25, 0.3) is 0 Å². The standard InChI is InChI=1S/C9H16NO2.F6P/c1-10(2)6-3-5(11)4-7(10)9-8(6)12-9;1-7(2,3,4,5)6/h5-9,11H,3-4H2,1-2H3;/q+1;-1/t5?,6-,7+,8-,9+;. The molecule has 19 heavy (non-hydrogen) atoms. The number of hydrogen-bond acceptors (Lipinski definition) is 2. The number of epoxide rings is 1. The van der Waals surface area contributed by atoms with Crippen LogP contribution < -0.4 is 0 Å². The summed E-state index contributed by atoms with van der Waals surface area (Å²) in [5.41, 5.74) is 0. The number of piperidine rings is 1. The van der Waals surface area contributed by atoms with Crippen LogP contribution in [0, 0.1) is 0 Å². The number of fused-ring (bicyclic) bond motifs is 5. The second-order valence-corrected chi connectivity index (χ2v) is 7.83. The van der Waals surface area contributed by atoms with Gasteiger partial charge in [-0.2, -0.15) is 0 Å². The molecule has 10 heteroatoms. The molecule has 0 aliphatic carbocycles. The van der Waals surface area contributed by atoms with Crippen molar-refractivity contribution in [3.05, 3.63) is 0 Å². The van der Waals surface area contributed by atoms with Crippen LogP contribution in [0.4, 0.5) is 25.2 Å². The number of morpholine rings is 1. The summed E-state index contributed by atoms with van der Waals surface area (Å²) in [4.78, 5) is 0. The minimum atomic E-state index is -10.7. The molecule has 0 radical (unpaired) electrons. The fraction of sp³-hybridized carbons (Fsp3) is 1.00. The van der Waals surface area contributed by atoms with E-state index in [1.165, 1.54) is 0 Å². The van der Waals surface area contributed by atoms with Gasteiger partial charge in [0.15, 0.2) is 0 Å². The summed E-state index contributed by atoms with van der Waals surface area (Å²) < 4.78 is 65.8. The van der Waals surface area contributed by atoms with Gasteiger partial charge in [0.05, 0.1) is 20.2 Å². The van der Waals surface area contributed by atoms with Crippen LogP contribution in [0.2, 0.25) is 0 Å². The van der Waals surface area contributed by atoms with Gasteiger partial charge in [0.2, 0.25) is 0 Å². The average Bonchev–Trinajstić information content (AvgIpc) is 2.76. The molecule has 0 aromatic heterocycles. The number of rotatable bonds is 0. The molecule has 0 amide bonds. The van der Waals surface area contributed by atoms with Gasteiger partial charge in [-0.05, 0) is 0 Å². The van der Waals surface area contributed by atoms with Gasteiger partial charge < -0.3 is 14.3 Å². The Morgan fingerprint density at radius 1 is 0.947 bits per heavy atom. The Labute approximate surface area is 106 Å².